The van der Waals surface area contributed by atoms with Crippen LogP contribution in [0.2, 0.25) is 0 Å². The summed E-state index contributed by atoms with van der Waals surface area (Å²) in [6.45, 7) is 12.5. The zero-order valence-corrected chi connectivity index (χ0v) is 21.5. The number of aliphatic hydroxyl groups excluding tert-OH is 2. The van der Waals surface area contributed by atoms with Gasteiger partial charge in [0, 0.05) is 6.42 Å². The van der Waals surface area contributed by atoms with Gasteiger partial charge in [-0.15, -0.1) is 0 Å². The van der Waals surface area contributed by atoms with Crippen molar-refractivity contribution >= 4 is 5.91 Å². The summed E-state index contributed by atoms with van der Waals surface area (Å²) in [5, 5.41) is 23.5. The third-order valence-electron chi connectivity index (χ3n) is 7.19. The van der Waals surface area contributed by atoms with Crippen molar-refractivity contribution < 1.29 is 29.2 Å². The molecule has 0 aliphatic carbocycles. The monoisotopic (exact) mass is 477 g/mol. The second kappa shape index (κ2) is 11.0. The Balaban J connectivity index is 1.53. The van der Waals surface area contributed by atoms with Crippen molar-refractivity contribution in [1.29, 1.82) is 0 Å². The molecule has 7 nitrogen and oxygen atoms in total. The van der Waals surface area contributed by atoms with E-state index in [1.54, 1.807) is 6.08 Å². The maximum absolute atomic E-state index is 12.2. The molecule has 0 saturated carbocycles. The van der Waals surface area contributed by atoms with Gasteiger partial charge in [-0.2, -0.15) is 0 Å². The minimum atomic E-state index is -0.749. The number of carbonyl (C=O) groups excluding carboxylic acids is 1. The molecular weight excluding hydrogens is 434 g/mol. The smallest absolute Gasteiger partial charge is 0.243 e. The summed E-state index contributed by atoms with van der Waals surface area (Å²) in [5.41, 5.74) is -0.267. The zero-order valence-electron chi connectivity index (χ0n) is 21.5. The van der Waals surface area contributed by atoms with Gasteiger partial charge in [-0.1, -0.05) is 50.6 Å². The first-order valence-electron chi connectivity index (χ1n) is 12.6. The van der Waals surface area contributed by atoms with Gasteiger partial charge >= 0.3 is 0 Å². The lowest BCUT2D eigenvalue weighted by Gasteiger charge is -2.42. The van der Waals surface area contributed by atoms with Gasteiger partial charge in [0.25, 0.3) is 0 Å². The van der Waals surface area contributed by atoms with Gasteiger partial charge in [-0.25, -0.2) is 0 Å². The standard InChI is InChI=1S/C27H43NO6/c1-17(2)7-12-24(30)28-21-13-19(4)22(33-20(21)5)10-8-18(3)9-11-23-25(31)27(16-32-27)14-26(6,15-29)34-23/h7-9,11-12,17,19-23,25,29,31H,10,13-16H2,1-6H3,(H,28,30)/b11-9+,12-7-,18-8+/t19-,20+,21+,22-,23+,25+,26-,27+/m0/s1. The fourth-order valence-electron chi connectivity index (χ4n) is 4.91. The molecule has 0 aromatic heterocycles. The van der Waals surface area contributed by atoms with Crippen LogP contribution in [0.1, 0.15) is 60.8 Å². The van der Waals surface area contributed by atoms with Crippen LogP contribution in [0.25, 0.3) is 0 Å². The molecule has 3 fully saturated rings. The van der Waals surface area contributed by atoms with Crippen molar-refractivity contribution in [2.75, 3.05) is 13.2 Å². The fraction of sp³-hybridized carbons (Fsp3) is 0.741. The summed E-state index contributed by atoms with van der Waals surface area (Å²) < 4.78 is 17.8. The number of hydrogen-bond donors (Lipinski definition) is 3. The Morgan fingerprint density at radius 3 is 2.59 bits per heavy atom. The van der Waals surface area contributed by atoms with Crippen LogP contribution in [0.4, 0.5) is 0 Å². The maximum atomic E-state index is 12.2. The summed E-state index contributed by atoms with van der Waals surface area (Å²) in [4.78, 5) is 12.2. The van der Waals surface area contributed by atoms with E-state index < -0.39 is 23.4 Å². The SMILES string of the molecule is CC(/C=C/[C@H]1O[C@](C)(CO)C[C@@]2(CO2)[C@@H]1O)=C\C[C@@H]1O[C@H](C)[C@H](NC(=O)/C=C\C(C)C)C[C@@H]1C. The van der Waals surface area contributed by atoms with Crippen LogP contribution in [-0.4, -0.2) is 71.0 Å². The van der Waals surface area contributed by atoms with Crippen LogP contribution in [-0.2, 0) is 19.0 Å². The number of allylic oxidation sites excluding steroid dienone is 3. The molecule has 3 aliphatic heterocycles. The Morgan fingerprint density at radius 1 is 1.26 bits per heavy atom. The predicted molar refractivity (Wildman–Crippen MR) is 131 cm³/mol. The summed E-state index contributed by atoms with van der Waals surface area (Å²) in [6.07, 6.45) is 10.3. The largest absolute Gasteiger partial charge is 0.393 e. The van der Waals surface area contributed by atoms with E-state index in [-0.39, 0.29) is 30.8 Å². The molecule has 1 spiro atoms. The van der Waals surface area contributed by atoms with Gasteiger partial charge in [-0.3, -0.25) is 4.79 Å². The van der Waals surface area contributed by atoms with Gasteiger partial charge in [0.15, 0.2) is 0 Å². The third-order valence-corrected chi connectivity index (χ3v) is 7.19. The first-order chi connectivity index (χ1) is 16.0. The number of aliphatic hydroxyl groups is 2. The van der Waals surface area contributed by atoms with Gasteiger partial charge in [0.2, 0.25) is 5.91 Å². The van der Waals surface area contributed by atoms with E-state index in [2.05, 4.69) is 18.3 Å². The van der Waals surface area contributed by atoms with Crippen LogP contribution in [0, 0.1) is 11.8 Å². The molecule has 0 radical (unpaired) electrons. The molecule has 3 N–H and O–H groups in total. The summed E-state index contributed by atoms with van der Waals surface area (Å²) >= 11 is 0. The number of nitrogens with one attached hydrogen (secondary N) is 1. The highest BCUT2D eigenvalue weighted by Gasteiger charge is 2.61. The molecular formula is C27H43NO6. The van der Waals surface area contributed by atoms with E-state index >= 15 is 0 Å². The van der Waals surface area contributed by atoms with Crippen molar-refractivity contribution in [3.05, 3.63) is 36.0 Å². The Labute approximate surface area is 204 Å². The lowest BCUT2D eigenvalue weighted by Crippen LogP contribution is -2.56. The number of epoxide rings is 1. The minimum absolute atomic E-state index is 0.00303. The maximum Gasteiger partial charge on any atom is 0.243 e. The van der Waals surface area contributed by atoms with Crippen LogP contribution < -0.4 is 5.32 Å². The summed E-state index contributed by atoms with van der Waals surface area (Å²) in [5.74, 6) is 0.584. The molecule has 3 saturated heterocycles. The van der Waals surface area contributed by atoms with Crippen molar-refractivity contribution in [3.8, 4) is 0 Å². The Hall–Kier alpha value is -1.51. The Bertz CT molecular complexity index is 801. The highest BCUT2D eigenvalue weighted by atomic mass is 16.6. The van der Waals surface area contributed by atoms with Crippen molar-refractivity contribution in [2.24, 2.45) is 11.8 Å². The number of hydrogen-bond acceptors (Lipinski definition) is 6. The molecule has 8 atom stereocenters. The van der Waals surface area contributed by atoms with Crippen LogP contribution in [0.15, 0.2) is 36.0 Å². The molecule has 1 amide bonds. The van der Waals surface area contributed by atoms with E-state index in [1.807, 2.05) is 52.8 Å². The van der Waals surface area contributed by atoms with Gasteiger partial charge < -0.3 is 29.7 Å². The molecule has 3 heterocycles. The molecule has 3 rings (SSSR count). The van der Waals surface area contributed by atoms with E-state index in [4.69, 9.17) is 14.2 Å². The first kappa shape index (κ1) is 27.1. The minimum Gasteiger partial charge on any atom is -0.393 e. The van der Waals surface area contributed by atoms with Gasteiger partial charge in [0.05, 0.1) is 37.1 Å². The number of amides is 1. The normalized spacial score (nSPS) is 41.0. The first-order valence-corrected chi connectivity index (χ1v) is 12.6. The second-order valence-electron chi connectivity index (χ2n) is 11.0. The third kappa shape index (κ3) is 6.79. The van der Waals surface area contributed by atoms with E-state index in [0.717, 1.165) is 18.4 Å². The van der Waals surface area contributed by atoms with Crippen molar-refractivity contribution in [1.82, 2.24) is 5.32 Å². The molecule has 34 heavy (non-hydrogen) atoms. The average molecular weight is 478 g/mol. The van der Waals surface area contributed by atoms with Crippen LogP contribution in [0.5, 0.6) is 0 Å². The molecule has 0 aromatic rings. The lowest BCUT2D eigenvalue weighted by molar-refractivity contribution is -0.192. The van der Waals surface area contributed by atoms with Crippen molar-refractivity contribution in [3.63, 3.8) is 0 Å². The van der Waals surface area contributed by atoms with Gasteiger partial charge in [0.1, 0.15) is 17.8 Å². The Morgan fingerprint density at radius 2 is 1.97 bits per heavy atom. The molecule has 0 unspecified atom stereocenters. The van der Waals surface area contributed by atoms with Crippen LogP contribution in [0.3, 0.4) is 0 Å². The molecule has 3 aliphatic rings. The fourth-order valence-corrected chi connectivity index (χ4v) is 4.91. The van der Waals surface area contributed by atoms with E-state index in [1.165, 1.54) is 0 Å². The number of rotatable bonds is 8. The quantitative estimate of drug-likeness (QED) is 0.282. The number of carbonyl (C=O) groups is 1. The van der Waals surface area contributed by atoms with Crippen LogP contribution >= 0.6 is 0 Å². The highest BCUT2D eigenvalue weighted by Crippen LogP contribution is 2.46. The second-order valence-corrected chi connectivity index (χ2v) is 11.0. The Kier molecular flexibility index (Phi) is 8.80. The van der Waals surface area contributed by atoms with Crippen molar-refractivity contribution in [2.45, 2.75) is 102 Å². The average Bonchev–Trinajstić information content (AvgIpc) is 3.55. The predicted octanol–water partition coefficient (Wildman–Crippen LogP) is 3.06. The summed E-state index contributed by atoms with van der Waals surface area (Å²) in [6, 6.07) is 0.00303. The summed E-state index contributed by atoms with van der Waals surface area (Å²) in [7, 11) is 0. The molecule has 0 bridgehead atoms. The lowest BCUT2D eigenvalue weighted by atomic mass is 9.82. The zero-order chi connectivity index (χ0) is 25.1. The van der Waals surface area contributed by atoms with E-state index in [0.29, 0.717) is 24.9 Å². The highest BCUT2D eigenvalue weighted by molar-refractivity contribution is 5.87. The molecule has 7 heteroatoms. The van der Waals surface area contributed by atoms with E-state index in [9.17, 15) is 15.0 Å². The molecule has 192 valence electrons. The molecule has 0 aromatic carbocycles. The topological polar surface area (TPSA) is 101 Å². The van der Waals surface area contributed by atoms with Gasteiger partial charge in [-0.05, 0) is 51.5 Å². The number of ether oxygens (including phenoxy) is 3.